The molecule has 1 aliphatic rings. The fraction of sp³-hybridized carbons (Fsp3) is 0.708. The molecule has 9 heteroatoms. The van der Waals surface area contributed by atoms with Crippen molar-refractivity contribution < 1.29 is 28.3 Å². The number of nitrogens with one attached hydrogen (secondary N) is 1. The van der Waals surface area contributed by atoms with Crippen LogP contribution in [-0.2, 0) is 21.1 Å². The van der Waals surface area contributed by atoms with Crippen LogP contribution >= 0.6 is 0 Å². The topological polar surface area (TPSA) is 139 Å². The highest BCUT2D eigenvalue weighted by Gasteiger charge is 2.32. The number of benzene rings is 1. The van der Waals surface area contributed by atoms with E-state index in [2.05, 4.69) is 18.1 Å². The van der Waals surface area contributed by atoms with Crippen molar-refractivity contribution in [3.05, 3.63) is 29.8 Å². The smallest absolute Gasteiger partial charge is 0.322 e. The molecule has 0 amide bonds. The molecule has 2 rings (SSSR count). The predicted octanol–water partition coefficient (Wildman–Crippen LogP) is 3.70. The zero-order chi connectivity index (χ0) is 24.5. The molecule has 33 heavy (non-hydrogen) atoms. The molecule has 1 aromatic rings. The Balaban J connectivity index is 0.00000265. The Morgan fingerprint density at radius 3 is 2.39 bits per heavy atom. The van der Waals surface area contributed by atoms with E-state index in [1.807, 2.05) is 0 Å². The quantitative estimate of drug-likeness (QED) is 0.217. The first-order valence-electron chi connectivity index (χ1n) is 12.1. The number of ether oxygens (including phenoxy) is 1. The summed E-state index contributed by atoms with van der Waals surface area (Å²) in [6.07, 6.45) is 10.4. The third-order valence-electron chi connectivity index (χ3n) is 5.98. The number of unbranched alkanes of at least 4 members (excludes halogenated alkanes) is 5. The van der Waals surface area contributed by atoms with Gasteiger partial charge in [-0.05, 0) is 56.3 Å². The second-order valence-electron chi connectivity index (χ2n) is 8.59. The van der Waals surface area contributed by atoms with Gasteiger partial charge in [-0.3, -0.25) is 4.79 Å². The molecule has 2 atom stereocenters. The largest absolute Gasteiger partial charge is 0.494 e. The van der Waals surface area contributed by atoms with Crippen LogP contribution in [0.4, 0.5) is 0 Å². The summed E-state index contributed by atoms with van der Waals surface area (Å²) < 4.78 is 31.0. The molecule has 0 saturated carbocycles. The van der Waals surface area contributed by atoms with Crippen molar-refractivity contribution in [1.29, 1.82) is 0 Å². The molecule has 1 saturated heterocycles. The van der Waals surface area contributed by atoms with Crippen LogP contribution in [0.1, 0.15) is 76.7 Å². The Morgan fingerprint density at radius 2 is 1.79 bits per heavy atom. The Morgan fingerprint density at radius 1 is 1.12 bits per heavy atom. The van der Waals surface area contributed by atoms with E-state index in [0.717, 1.165) is 50.8 Å². The summed E-state index contributed by atoms with van der Waals surface area (Å²) in [6, 6.07) is 7.64. The van der Waals surface area contributed by atoms with Gasteiger partial charge >= 0.3 is 5.97 Å². The second kappa shape index (κ2) is 16.9. The molecule has 190 valence electrons. The maximum absolute atomic E-state index is 12.6. The lowest BCUT2D eigenvalue weighted by Gasteiger charge is -2.23. The molecule has 2 unspecified atom stereocenters. The minimum Gasteiger partial charge on any atom is -0.494 e. The van der Waals surface area contributed by atoms with E-state index in [0.29, 0.717) is 24.6 Å². The summed E-state index contributed by atoms with van der Waals surface area (Å²) in [5, 5.41) is 18.1. The van der Waals surface area contributed by atoms with E-state index < -0.39 is 21.1 Å². The lowest BCUT2D eigenvalue weighted by atomic mass is 10.0. The van der Waals surface area contributed by atoms with Crippen LogP contribution in [0.3, 0.4) is 0 Å². The van der Waals surface area contributed by atoms with Gasteiger partial charge in [-0.25, -0.2) is 14.3 Å². The Kier molecular flexibility index (Phi) is 15.0. The monoisotopic (exact) mass is 486 g/mol. The van der Waals surface area contributed by atoms with E-state index in [4.69, 9.17) is 9.94 Å². The van der Waals surface area contributed by atoms with Crippen LogP contribution in [0, 0.1) is 0 Å². The number of carboxylic acid groups (broad SMARTS) is 1. The molecule has 1 heterocycles. The van der Waals surface area contributed by atoms with E-state index in [1.54, 1.807) is 24.3 Å². The maximum atomic E-state index is 12.6. The van der Waals surface area contributed by atoms with E-state index in [9.17, 15) is 18.3 Å². The summed E-state index contributed by atoms with van der Waals surface area (Å²) in [5.74, 6) is 2.89. The molecular formula is C24H42N2O6S. The number of rotatable bonds is 15. The first kappa shape index (κ1) is 29.4. The number of nitrogens with two attached hydrogens (primary N) is 1. The SMILES string of the molecule is CCCCCCCCS(=O)(=O)C(Cc1ccc(OCCC2CCCCN2)cc1)C(=O)O.NO. The van der Waals surface area contributed by atoms with Gasteiger partial charge in [0.25, 0.3) is 0 Å². The first-order chi connectivity index (χ1) is 15.9. The number of aliphatic carboxylic acids is 1. The van der Waals surface area contributed by atoms with E-state index in [-0.39, 0.29) is 12.2 Å². The van der Waals surface area contributed by atoms with Crippen LogP contribution in [0.2, 0.25) is 0 Å². The normalized spacial score (nSPS) is 17.0. The average molecular weight is 487 g/mol. The summed E-state index contributed by atoms with van der Waals surface area (Å²) in [7, 11) is -3.69. The summed E-state index contributed by atoms with van der Waals surface area (Å²) in [5.41, 5.74) is 0.695. The molecule has 0 spiro atoms. The first-order valence-corrected chi connectivity index (χ1v) is 13.8. The fourth-order valence-corrected chi connectivity index (χ4v) is 5.66. The van der Waals surface area contributed by atoms with Crippen molar-refractivity contribution in [3.63, 3.8) is 0 Å². The lowest BCUT2D eigenvalue weighted by molar-refractivity contribution is -0.136. The second-order valence-corrected chi connectivity index (χ2v) is 10.9. The standard InChI is InChI=1S/C24H39NO5S.H3NO/c1-2-3-4-5-6-9-18-31(28,29)23(24(26)27)19-20-11-13-22(14-12-20)30-17-15-21-10-7-8-16-25-21;1-2/h11-14,21,23,25H,2-10,15-19H2,1H3,(H,26,27);2H,1H2. The summed E-state index contributed by atoms with van der Waals surface area (Å²) >= 11 is 0. The van der Waals surface area contributed by atoms with Crippen LogP contribution in [-0.4, -0.2) is 54.9 Å². The van der Waals surface area contributed by atoms with Crippen molar-refractivity contribution in [2.75, 3.05) is 18.9 Å². The van der Waals surface area contributed by atoms with Crippen LogP contribution in [0.15, 0.2) is 24.3 Å². The zero-order valence-electron chi connectivity index (χ0n) is 19.9. The van der Waals surface area contributed by atoms with Gasteiger partial charge in [0, 0.05) is 6.04 Å². The predicted molar refractivity (Wildman–Crippen MR) is 130 cm³/mol. The van der Waals surface area contributed by atoms with Crippen molar-refractivity contribution in [2.24, 2.45) is 5.90 Å². The highest BCUT2D eigenvalue weighted by molar-refractivity contribution is 7.92. The highest BCUT2D eigenvalue weighted by atomic mass is 32.2. The molecule has 5 N–H and O–H groups in total. The number of carboxylic acids is 1. The van der Waals surface area contributed by atoms with Gasteiger partial charge in [0.15, 0.2) is 15.1 Å². The van der Waals surface area contributed by atoms with Crippen LogP contribution < -0.4 is 16.0 Å². The summed E-state index contributed by atoms with van der Waals surface area (Å²) in [6.45, 7) is 3.84. The Hall–Kier alpha value is -1.68. The molecule has 0 bridgehead atoms. The van der Waals surface area contributed by atoms with Crippen molar-refractivity contribution >= 4 is 15.8 Å². The number of piperidine rings is 1. The molecule has 1 aromatic carbocycles. The number of carbonyl (C=O) groups is 1. The fourth-order valence-electron chi connectivity index (χ4n) is 4.02. The maximum Gasteiger partial charge on any atom is 0.322 e. The molecule has 1 fully saturated rings. The highest BCUT2D eigenvalue weighted by Crippen LogP contribution is 2.19. The molecule has 0 radical (unpaired) electrons. The number of hydrogen-bond donors (Lipinski definition) is 4. The third kappa shape index (κ3) is 11.8. The average Bonchev–Trinajstić information content (AvgIpc) is 2.82. The van der Waals surface area contributed by atoms with Gasteiger partial charge in [-0.2, -0.15) is 0 Å². The van der Waals surface area contributed by atoms with Gasteiger partial charge in [-0.1, -0.05) is 57.6 Å². The Bertz CT molecular complexity index is 749. The van der Waals surface area contributed by atoms with E-state index in [1.165, 1.54) is 19.3 Å². The van der Waals surface area contributed by atoms with Gasteiger partial charge in [0.2, 0.25) is 0 Å². The van der Waals surface area contributed by atoms with Gasteiger partial charge in [0.05, 0.1) is 12.4 Å². The van der Waals surface area contributed by atoms with Crippen molar-refractivity contribution in [3.8, 4) is 5.75 Å². The molecule has 8 nitrogen and oxygen atoms in total. The molecule has 0 aliphatic carbocycles. The summed E-state index contributed by atoms with van der Waals surface area (Å²) in [4.78, 5) is 11.7. The minimum atomic E-state index is -3.69. The van der Waals surface area contributed by atoms with E-state index >= 15 is 0 Å². The molecule has 1 aliphatic heterocycles. The third-order valence-corrected chi connectivity index (χ3v) is 8.08. The van der Waals surface area contributed by atoms with Crippen LogP contribution in [0.25, 0.3) is 0 Å². The minimum absolute atomic E-state index is 0.0141. The van der Waals surface area contributed by atoms with Crippen molar-refractivity contribution in [1.82, 2.24) is 5.32 Å². The van der Waals surface area contributed by atoms with Gasteiger partial charge < -0.3 is 20.4 Å². The zero-order valence-corrected chi connectivity index (χ0v) is 20.7. The number of hydrogen-bond acceptors (Lipinski definition) is 7. The molecular weight excluding hydrogens is 444 g/mol. The van der Waals surface area contributed by atoms with Crippen LogP contribution in [0.5, 0.6) is 5.75 Å². The lowest BCUT2D eigenvalue weighted by Crippen LogP contribution is -2.35. The van der Waals surface area contributed by atoms with Gasteiger partial charge in [-0.15, -0.1) is 0 Å². The molecule has 0 aromatic heterocycles. The van der Waals surface area contributed by atoms with Crippen molar-refractivity contribution in [2.45, 2.75) is 88.8 Å². The Labute approximate surface area is 198 Å². The van der Waals surface area contributed by atoms with Gasteiger partial charge in [0.1, 0.15) is 5.75 Å². The number of sulfone groups is 1.